The van der Waals surface area contributed by atoms with Gasteiger partial charge in [0.25, 0.3) is 0 Å². The summed E-state index contributed by atoms with van der Waals surface area (Å²) >= 11 is 0. The fourth-order valence-corrected chi connectivity index (χ4v) is 4.79. The Balaban J connectivity index is 1.46. The van der Waals surface area contributed by atoms with Gasteiger partial charge in [0.05, 0.1) is 6.33 Å². The minimum atomic E-state index is -0.654. The Morgan fingerprint density at radius 2 is 1.97 bits per heavy atom. The van der Waals surface area contributed by atoms with Crippen molar-refractivity contribution >= 4 is 17.0 Å². The maximum atomic E-state index is 6.54. The normalized spacial score (nSPS) is 31.7. The lowest BCUT2D eigenvalue weighted by molar-refractivity contribution is -0.199. The number of fused-ring (bicyclic) bond motifs is 2. The number of aromatic nitrogens is 4. The fraction of sp³-hybridized carbons (Fsp3) is 0.750. The van der Waals surface area contributed by atoms with E-state index in [0.717, 1.165) is 6.54 Å². The average Bonchev–Trinajstić information content (AvgIpc) is 3.25. The molecule has 9 nitrogen and oxygen atoms in total. The van der Waals surface area contributed by atoms with Crippen LogP contribution < -0.4 is 5.73 Å². The Morgan fingerprint density at radius 3 is 2.66 bits per heavy atom. The van der Waals surface area contributed by atoms with E-state index in [4.69, 9.17) is 19.9 Å². The van der Waals surface area contributed by atoms with Gasteiger partial charge >= 0.3 is 0 Å². The van der Waals surface area contributed by atoms with E-state index in [-0.39, 0.29) is 24.5 Å². The Morgan fingerprint density at radius 1 is 1.21 bits per heavy atom. The Bertz CT molecular complexity index is 895. The molecule has 2 aliphatic heterocycles. The van der Waals surface area contributed by atoms with Gasteiger partial charge in [-0.1, -0.05) is 6.42 Å². The maximum Gasteiger partial charge on any atom is 0.167 e. The molecule has 0 unspecified atom stereocenters. The van der Waals surface area contributed by atoms with Gasteiger partial charge in [0, 0.05) is 18.6 Å². The number of anilines is 1. The predicted molar refractivity (Wildman–Crippen MR) is 107 cm³/mol. The van der Waals surface area contributed by atoms with Crippen LogP contribution >= 0.6 is 0 Å². The van der Waals surface area contributed by atoms with E-state index in [9.17, 15) is 0 Å². The first-order valence-corrected chi connectivity index (χ1v) is 10.5. The van der Waals surface area contributed by atoms with Crippen molar-refractivity contribution in [2.45, 2.75) is 89.4 Å². The molecular weight excluding hydrogens is 372 g/mol. The summed E-state index contributed by atoms with van der Waals surface area (Å²) in [6.07, 6.45) is 6.14. The minimum Gasteiger partial charge on any atom is -0.382 e. The van der Waals surface area contributed by atoms with Crippen molar-refractivity contribution in [3.05, 3.63) is 12.7 Å². The first kappa shape index (κ1) is 19.2. The molecule has 0 bridgehead atoms. The third-order valence-corrected chi connectivity index (χ3v) is 6.38. The highest BCUT2D eigenvalue weighted by Gasteiger charge is 2.56. The molecule has 4 heterocycles. The summed E-state index contributed by atoms with van der Waals surface area (Å²) in [7, 11) is 0. The second-order valence-corrected chi connectivity index (χ2v) is 9.09. The van der Waals surface area contributed by atoms with Crippen LogP contribution in [0.2, 0.25) is 0 Å². The molecule has 158 valence electrons. The highest BCUT2D eigenvalue weighted by Crippen LogP contribution is 2.44. The lowest BCUT2D eigenvalue weighted by Gasteiger charge is -2.42. The van der Waals surface area contributed by atoms with Gasteiger partial charge in [-0.05, 0) is 40.5 Å². The number of hydrogen-bond donors (Lipinski definition) is 1. The summed E-state index contributed by atoms with van der Waals surface area (Å²) in [4.78, 5) is 15.4. The van der Waals surface area contributed by atoms with Crippen molar-refractivity contribution in [3.63, 3.8) is 0 Å². The number of nitrogens with zero attached hydrogens (tertiary/aromatic N) is 5. The van der Waals surface area contributed by atoms with Gasteiger partial charge in [-0.2, -0.15) is 0 Å². The van der Waals surface area contributed by atoms with Crippen molar-refractivity contribution in [1.82, 2.24) is 24.4 Å². The van der Waals surface area contributed by atoms with E-state index < -0.39 is 5.79 Å². The summed E-state index contributed by atoms with van der Waals surface area (Å²) in [6.45, 7) is 9.24. The monoisotopic (exact) mass is 402 g/mol. The first-order valence-electron chi connectivity index (χ1n) is 10.5. The van der Waals surface area contributed by atoms with Crippen molar-refractivity contribution in [3.8, 4) is 0 Å². The van der Waals surface area contributed by atoms with Gasteiger partial charge < -0.3 is 19.9 Å². The van der Waals surface area contributed by atoms with Crippen LogP contribution in [0.15, 0.2) is 12.7 Å². The molecule has 3 aliphatic rings. The van der Waals surface area contributed by atoms with Crippen molar-refractivity contribution in [2.75, 3.05) is 12.3 Å². The molecule has 0 aromatic carbocycles. The molecule has 1 aliphatic carbocycles. The maximum absolute atomic E-state index is 6.54. The zero-order chi connectivity index (χ0) is 20.3. The summed E-state index contributed by atoms with van der Waals surface area (Å²) in [5.41, 5.74) is 7.19. The summed E-state index contributed by atoms with van der Waals surface area (Å²) in [5.74, 6) is -0.293. The quantitative estimate of drug-likeness (QED) is 0.811. The number of imidazole rings is 1. The van der Waals surface area contributed by atoms with E-state index in [1.807, 2.05) is 18.4 Å². The summed E-state index contributed by atoms with van der Waals surface area (Å²) in [6, 6.07) is 1.09. The first-order chi connectivity index (χ1) is 13.8. The highest BCUT2D eigenvalue weighted by molar-refractivity contribution is 5.81. The average molecular weight is 402 g/mol. The van der Waals surface area contributed by atoms with E-state index in [1.54, 1.807) is 6.33 Å². The molecule has 5 rings (SSSR count). The predicted octanol–water partition coefficient (Wildman–Crippen LogP) is 2.09. The van der Waals surface area contributed by atoms with Crippen LogP contribution in [0.1, 0.15) is 53.2 Å². The number of nitrogen functional groups attached to an aromatic ring is 1. The van der Waals surface area contributed by atoms with Gasteiger partial charge in [-0.25, -0.2) is 15.0 Å². The third kappa shape index (κ3) is 3.20. The molecule has 2 aromatic heterocycles. The molecule has 2 saturated heterocycles. The van der Waals surface area contributed by atoms with Crippen molar-refractivity contribution in [1.29, 1.82) is 0 Å². The number of nitrogens with two attached hydrogens (primary N) is 1. The molecule has 4 atom stereocenters. The zero-order valence-corrected chi connectivity index (χ0v) is 17.5. The molecule has 1 saturated carbocycles. The van der Waals surface area contributed by atoms with Gasteiger partial charge in [0.2, 0.25) is 0 Å². The molecule has 9 heteroatoms. The van der Waals surface area contributed by atoms with Crippen LogP contribution in [-0.2, 0) is 14.2 Å². The SMILES string of the molecule is CC(C)N(C[C@H]1O[C@@H](n2cnc3c(N)ncnc32)[C@@H]2OC(C)(C)O[C@@H]21)C1CCC1. The smallest absolute Gasteiger partial charge is 0.167 e. The fourth-order valence-electron chi connectivity index (χ4n) is 4.79. The van der Waals surface area contributed by atoms with Crippen LogP contribution in [-0.4, -0.2) is 67.1 Å². The minimum absolute atomic E-state index is 0.0913. The number of hydrogen-bond acceptors (Lipinski definition) is 8. The van der Waals surface area contributed by atoms with Crippen LogP contribution in [0.25, 0.3) is 11.2 Å². The van der Waals surface area contributed by atoms with Gasteiger partial charge in [-0.15, -0.1) is 0 Å². The molecule has 0 amide bonds. The number of rotatable bonds is 5. The Hall–Kier alpha value is -1.81. The zero-order valence-electron chi connectivity index (χ0n) is 17.5. The van der Waals surface area contributed by atoms with Crippen LogP contribution in [0.3, 0.4) is 0 Å². The number of ether oxygens (including phenoxy) is 3. The molecule has 2 N–H and O–H groups in total. The summed E-state index contributed by atoms with van der Waals surface area (Å²) < 4.78 is 21.0. The van der Waals surface area contributed by atoms with Gasteiger partial charge in [0.1, 0.15) is 30.2 Å². The van der Waals surface area contributed by atoms with E-state index in [1.165, 1.54) is 25.6 Å². The van der Waals surface area contributed by atoms with E-state index in [2.05, 4.69) is 33.7 Å². The topological polar surface area (TPSA) is 101 Å². The Kier molecular flexibility index (Phi) is 4.54. The van der Waals surface area contributed by atoms with Crippen LogP contribution in [0.4, 0.5) is 5.82 Å². The Labute approximate surface area is 170 Å². The summed E-state index contributed by atoms with van der Waals surface area (Å²) in [5, 5.41) is 0. The second kappa shape index (κ2) is 6.87. The molecular formula is C20H30N6O3. The lowest BCUT2D eigenvalue weighted by Crippen LogP contribution is -2.50. The van der Waals surface area contributed by atoms with E-state index >= 15 is 0 Å². The standard InChI is InChI=1S/C20H30N6O3/c1-11(2)25(12-6-5-7-12)8-13-15-16(29-20(3,4)28-15)19(27-13)26-10-24-14-17(21)22-9-23-18(14)26/h9-13,15-16,19H,5-8H2,1-4H3,(H2,21,22,23)/t13-,15-,16-,19-/m1/s1. The molecule has 29 heavy (non-hydrogen) atoms. The molecule has 0 spiro atoms. The highest BCUT2D eigenvalue weighted by atomic mass is 16.8. The third-order valence-electron chi connectivity index (χ3n) is 6.38. The van der Waals surface area contributed by atoms with Crippen molar-refractivity contribution in [2.24, 2.45) is 0 Å². The van der Waals surface area contributed by atoms with Crippen LogP contribution in [0.5, 0.6) is 0 Å². The molecule has 0 radical (unpaired) electrons. The second-order valence-electron chi connectivity index (χ2n) is 9.09. The largest absolute Gasteiger partial charge is 0.382 e. The molecule has 3 fully saturated rings. The van der Waals surface area contributed by atoms with Crippen LogP contribution in [0, 0.1) is 0 Å². The molecule has 2 aromatic rings. The van der Waals surface area contributed by atoms with E-state index in [0.29, 0.717) is 29.1 Å². The van der Waals surface area contributed by atoms with Gasteiger partial charge in [0.15, 0.2) is 23.5 Å². The van der Waals surface area contributed by atoms with Gasteiger partial charge in [-0.3, -0.25) is 9.47 Å². The lowest BCUT2D eigenvalue weighted by atomic mass is 9.90. The van der Waals surface area contributed by atoms with Crippen molar-refractivity contribution < 1.29 is 14.2 Å².